The second-order valence-corrected chi connectivity index (χ2v) is 6.83. The molecule has 1 unspecified atom stereocenters. The predicted molar refractivity (Wildman–Crippen MR) is 106 cm³/mol. The molecule has 0 bridgehead atoms. The number of hydrogen-bond donors (Lipinski definition) is 2. The highest BCUT2D eigenvalue weighted by Gasteiger charge is 2.31. The van der Waals surface area contributed by atoms with Crippen molar-refractivity contribution in [3.63, 3.8) is 0 Å². The monoisotopic (exact) mass is 425 g/mol. The van der Waals surface area contributed by atoms with Gasteiger partial charge in [-0.05, 0) is 42.7 Å². The average molecular weight is 425 g/mol. The molecular formula is C20H23F4N5O. The largest absolute Gasteiger partial charge is 0.573 e. The Morgan fingerprint density at radius 3 is 2.70 bits per heavy atom. The Morgan fingerprint density at radius 1 is 1.27 bits per heavy atom. The molecule has 1 aliphatic rings. The molecule has 3 rings (SSSR count). The Balaban J connectivity index is 1.44. The van der Waals surface area contributed by atoms with Gasteiger partial charge in [-0.1, -0.05) is 12.1 Å². The van der Waals surface area contributed by atoms with Gasteiger partial charge in [0.1, 0.15) is 5.75 Å². The van der Waals surface area contributed by atoms with Crippen LogP contribution in [0.3, 0.4) is 0 Å². The van der Waals surface area contributed by atoms with Crippen LogP contribution in [0.5, 0.6) is 5.75 Å². The first-order valence-corrected chi connectivity index (χ1v) is 9.51. The molecule has 1 aromatic carbocycles. The van der Waals surface area contributed by atoms with E-state index in [1.165, 1.54) is 18.2 Å². The van der Waals surface area contributed by atoms with Crippen molar-refractivity contribution in [1.82, 2.24) is 15.6 Å². The number of guanidine groups is 1. The summed E-state index contributed by atoms with van der Waals surface area (Å²) in [6, 6.07) is 8.82. The summed E-state index contributed by atoms with van der Waals surface area (Å²) in [7, 11) is 1.66. The SMILES string of the molecule is CN=C(NCCc1ccc(OC(F)(F)F)cc1)NC1CCN(c2ncccc2F)C1. The van der Waals surface area contributed by atoms with Crippen LogP contribution in [0.4, 0.5) is 23.4 Å². The Labute approximate surface area is 172 Å². The summed E-state index contributed by atoms with van der Waals surface area (Å²) in [5.41, 5.74) is 0.866. The molecule has 2 N–H and O–H groups in total. The Kier molecular flexibility index (Phi) is 6.96. The van der Waals surface area contributed by atoms with E-state index in [9.17, 15) is 17.6 Å². The van der Waals surface area contributed by atoms with E-state index in [0.29, 0.717) is 37.8 Å². The van der Waals surface area contributed by atoms with E-state index < -0.39 is 6.36 Å². The van der Waals surface area contributed by atoms with E-state index in [1.54, 1.807) is 31.4 Å². The molecule has 10 heteroatoms. The first-order valence-electron chi connectivity index (χ1n) is 9.51. The maximum Gasteiger partial charge on any atom is 0.573 e. The molecule has 162 valence electrons. The zero-order valence-electron chi connectivity index (χ0n) is 16.4. The van der Waals surface area contributed by atoms with Crippen molar-refractivity contribution in [2.45, 2.75) is 25.2 Å². The van der Waals surface area contributed by atoms with Gasteiger partial charge < -0.3 is 20.3 Å². The van der Waals surface area contributed by atoms with Gasteiger partial charge >= 0.3 is 6.36 Å². The van der Waals surface area contributed by atoms with Gasteiger partial charge in [0.2, 0.25) is 0 Å². The van der Waals surface area contributed by atoms with Crippen molar-refractivity contribution in [2.24, 2.45) is 4.99 Å². The Morgan fingerprint density at radius 2 is 2.03 bits per heavy atom. The van der Waals surface area contributed by atoms with Gasteiger partial charge in [-0.25, -0.2) is 9.37 Å². The Hall–Kier alpha value is -3.04. The third kappa shape index (κ3) is 6.23. The first kappa shape index (κ1) is 21.7. The number of aromatic nitrogens is 1. The van der Waals surface area contributed by atoms with E-state index in [1.807, 2.05) is 4.90 Å². The lowest BCUT2D eigenvalue weighted by molar-refractivity contribution is -0.274. The smallest absolute Gasteiger partial charge is 0.406 e. The summed E-state index contributed by atoms with van der Waals surface area (Å²) >= 11 is 0. The number of benzene rings is 1. The van der Waals surface area contributed by atoms with Gasteiger partial charge in [-0.2, -0.15) is 0 Å². The summed E-state index contributed by atoms with van der Waals surface area (Å²) in [6.45, 7) is 1.84. The summed E-state index contributed by atoms with van der Waals surface area (Å²) in [5.74, 6) is 0.377. The molecule has 0 spiro atoms. The number of nitrogens with one attached hydrogen (secondary N) is 2. The maximum absolute atomic E-state index is 13.9. The summed E-state index contributed by atoms with van der Waals surface area (Å²) < 4.78 is 54.4. The quantitative estimate of drug-likeness (QED) is 0.423. The molecule has 30 heavy (non-hydrogen) atoms. The van der Waals surface area contributed by atoms with Crippen molar-refractivity contribution in [3.05, 3.63) is 54.0 Å². The predicted octanol–water partition coefficient (Wildman–Crippen LogP) is 3.11. The lowest BCUT2D eigenvalue weighted by atomic mass is 10.1. The van der Waals surface area contributed by atoms with Crippen LogP contribution >= 0.6 is 0 Å². The highest BCUT2D eigenvalue weighted by molar-refractivity contribution is 5.80. The van der Waals surface area contributed by atoms with Crippen LogP contribution in [0.2, 0.25) is 0 Å². The highest BCUT2D eigenvalue weighted by Crippen LogP contribution is 2.23. The summed E-state index contributed by atoms with van der Waals surface area (Å²) in [6.07, 6.45) is -1.71. The number of halogens is 4. The fourth-order valence-corrected chi connectivity index (χ4v) is 3.25. The maximum atomic E-state index is 13.9. The van der Waals surface area contributed by atoms with Gasteiger partial charge in [0.05, 0.1) is 0 Å². The number of alkyl halides is 3. The van der Waals surface area contributed by atoms with Crippen molar-refractivity contribution in [3.8, 4) is 5.75 Å². The van der Waals surface area contributed by atoms with Crippen LogP contribution in [-0.4, -0.2) is 50.0 Å². The number of hydrogen-bond acceptors (Lipinski definition) is 4. The molecule has 1 saturated heterocycles. The molecule has 0 saturated carbocycles. The van der Waals surface area contributed by atoms with Crippen molar-refractivity contribution >= 4 is 11.8 Å². The average Bonchev–Trinajstić information content (AvgIpc) is 3.16. The number of ether oxygens (including phenoxy) is 1. The van der Waals surface area contributed by atoms with Crippen LogP contribution in [0, 0.1) is 5.82 Å². The number of rotatable bonds is 6. The van der Waals surface area contributed by atoms with Gasteiger partial charge in [0.15, 0.2) is 17.6 Å². The second-order valence-electron chi connectivity index (χ2n) is 6.83. The van der Waals surface area contributed by atoms with E-state index >= 15 is 0 Å². The molecular weight excluding hydrogens is 402 g/mol. The Bertz CT molecular complexity index is 857. The fourth-order valence-electron chi connectivity index (χ4n) is 3.25. The minimum atomic E-state index is -4.70. The van der Waals surface area contributed by atoms with Crippen molar-refractivity contribution in [1.29, 1.82) is 0 Å². The van der Waals surface area contributed by atoms with Crippen LogP contribution in [0.1, 0.15) is 12.0 Å². The molecule has 2 aromatic rings. The van der Waals surface area contributed by atoms with Crippen LogP contribution in [-0.2, 0) is 6.42 Å². The molecule has 0 aliphatic carbocycles. The van der Waals surface area contributed by atoms with Gasteiger partial charge in [0.25, 0.3) is 0 Å². The number of nitrogens with zero attached hydrogens (tertiary/aromatic N) is 3. The molecule has 0 amide bonds. The molecule has 2 heterocycles. The molecule has 6 nitrogen and oxygen atoms in total. The zero-order valence-corrected chi connectivity index (χ0v) is 16.4. The van der Waals surface area contributed by atoms with Crippen molar-refractivity contribution < 1.29 is 22.3 Å². The van der Waals surface area contributed by atoms with Gasteiger partial charge in [-0.3, -0.25) is 4.99 Å². The normalized spacial score (nSPS) is 17.2. The number of anilines is 1. The molecule has 1 atom stereocenters. The van der Waals surface area contributed by atoms with E-state index in [2.05, 4.69) is 25.3 Å². The highest BCUT2D eigenvalue weighted by atomic mass is 19.4. The van der Waals surface area contributed by atoms with Crippen molar-refractivity contribution in [2.75, 3.05) is 31.6 Å². The third-order valence-corrected chi connectivity index (χ3v) is 4.65. The number of aliphatic imine (C=N–C) groups is 1. The van der Waals surface area contributed by atoms with Gasteiger partial charge in [0, 0.05) is 38.9 Å². The topological polar surface area (TPSA) is 61.8 Å². The lowest BCUT2D eigenvalue weighted by Gasteiger charge is -2.20. The van der Waals surface area contributed by atoms with Crippen LogP contribution < -0.4 is 20.3 Å². The van der Waals surface area contributed by atoms with E-state index in [4.69, 9.17) is 0 Å². The van der Waals surface area contributed by atoms with Gasteiger partial charge in [-0.15, -0.1) is 13.2 Å². The van der Waals surface area contributed by atoms with E-state index in [0.717, 1.165) is 12.0 Å². The minimum absolute atomic E-state index is 0.0939. The first-order chi connectivity index (χ1) is 14.3. The lowest BCUT2D eigenvalue weighted by Crippen LogP contribution is -2.45. The standard InChI is InChI=1S/C20H23F4N5O/c1-25-19(27-11-8-14-4-6-16(7-5-14)30-20(22,23)24)28-15-9-12-29(13-15)18-17(21)3-2-10-26-18/h2-7,10,15H,8-9,11-13H2,1H3,(H2,25,27,28). The molecule has 0 radical (unpaired) electrons. The zero-order chi connectivity index (χ0) is 21.6. The third-order valence-electron chi connectivity index (χ3n) is 4.65. The molecule has 1 aliphatic heterocycles. The second kappa shape index (κ2) is 9.64. The summed E-state index contributed by atoms with van der Waals surface area (Å²) in [4.78, 5) is 10.2. The van der Waals surface area contributed by atoms with Crippen LogP contribution in [0.25, 0.3) is 0 Å². The fraction of sp³-hybridized carbons (Fsp3) is 0.400. The van der Waals surface area contributed by atoms with Crippen LogP contribution in [0.15, 0.2) is 47.6 Å². The molecule has 1 aromatic heterocycles. The minimum Gasteiger partial charge on any atom is -0.406 e. The molecule has 1 fully saturated rings. The van der Waals surface area contributed by atoms with E-state index in [-0.39, 0.29) is 17.6 Å². The number of pyridine rings is 1. The summed E-state index contributed by atoms with van der Waals surface area (Å²) in [5, 5.41) is 6.49.